The van der Waals surface area contributed by atoms with Crippen LogP contribution in [0.4, 0.5) is 8.78 Å². The van der Waals surface area contributed by atoms with Crippen LogP contribution in [-0.4, -0.2) is 22.9 Å². The van der Waals surface area contributed by atoms with Crippen molar-refractivity contribution in [1.29, 1.82) is 0 Å². The highest BCUT2D eigenvalue weighted by molar-refractivity contribution is 5.93. The Kier molecular flexibility index (Phi) is 4.06. The Labute approximate surface area is 92.4 Å². The van der Waals surface area contributed by atoms with Crippen LogP contribution in [0.3, 0.4) is 0 Å². The molecule has 16 heavy (non-hydrogen) atoms. The minimum absolute atomic E-state index is 0.183. The SMILES string of the molecule is C#CC(C)NC(=O)c1cccn1CC(F)F. The summed E-state index contributed by atoms with van der Waals surface area (Å²) in [5, 5.41) is 2.50. The molecule has 0 aliphatic carbocycles. The molecule has 1 aromatic heterocycles. The van der Waals surface area contributed by atoms with E-state index in [0.29, 0.717) is 0 Å². The number of aromatic nitrogens is 1. The first-order valence-electron chi connectivity index (χ1n) is 4.75. The molecule has 5 heteroatoms. The predicted molar refractivity (Wildman–Crippen MR) is 56.2 cm³/mol. The topological polar surface area (TPSA) is 34.0 Å². The van der Waals surface area contributed by atoms with Crippen molar-refractivity contribution >= 4 is 5.91 Å². The normalized spacial score (nSPS) is 12.2. The zero-order chi connectivity index (χ0) is 12.1. The molecular weight excluding hydrogens is 214 g/mol. The van der Waals surface area contributed by atoms with Gasteiger partial charge in [-0.25, -0.2) is 8.78 Å². The molecule has 1 unspecified atom stereocenters. The first kappa shape index (κ1) is 12.2. The van der Waals surface area contributed by atoms with E-state index in [1.54, 1.807) is 6.92 Å². The molecule has 0 fully saturated rings. The minimum atomic E-state index is -2.50. The summed E-state index contributed by atoms with van der Waals surface area (Å²) < 4.78 is 25.6. The van der Waals surface area contributed by atoms with Crippen molar-refractivity contribution in [2.75, 3.05) is 0 Å². The second-order valence-electron chi connectivity index (χ2n) is 3.30. The Morgan fingerprint density at radius 1 is 1.69 bits per heavy atom. The van der Waals surface area contributed by atoms with Crippen LogP contribution in [0.2, 0.25) is 0 Å². The number of hydrogen-bond donors (Lipinski definition) is 1. The third-order valence-corrected chi connectivity index (χ3v) is 1.99. The van der Waals surface area contributed by atoms with E-state index in [9.17, 15) is 13.6 Å². The first-order chi connectivity index (χ1) is 7.54. The summed E-state index contributed by atoms with van der Waals surface area (Å²) in [7, 11) is 0. The molecule has 0 aromatic carbocycles. The standard InChI is InChI=1S/C11H12F2N2O/c1-3-8(2)14-11(16)9-5-4-6-15(9)7-10(12)13/h1,4-6,8,10H,7H2,2H3,(H,14,16). The monoisotopic (exact) mass is 226 g/mol. The predicted octanol–water partition coefficient (Wildman–Crippen LogP) is 1.50. The van der Waals surface area contributed by atoms with Gasteiger partial charge in [0.05, 0.1) is 12.6 Å². The van der Waals surface area contributed by atoms with Crippen molar-refractivity contribution in [3.05, 3.63) is 24.0 Å². The second-order valence-corrected chi connectivity index (χ2v) is 3.30. The minimum Gasteiger partial charge on any atom is -0.338 e. The Bertz CT molecular complexity index is 406. The second kappa shape index (κ2) is 5.31. The van der Waals surface area contributed by atoms with Gasteiger partial charge in [-0.3, -0.25) is 4.79 Å². The molecule has 0 spiro atoms. The van der Waals surface area contributed by atoms with Gasteiger partial charge in [-0.1, -0.05) is 5.92 Å². The quantitative estimate of drug-likeness (QED) is 0.776. The van der Waals surface area contributed by atoms with Gasteiger partial charge in [0, 0.05) is 6.20 Å². The molecule has 0 saturated carbocycles. The van der Waals surface area contributed by atoms with Gasteiger partial charge in [-0.05, 0) is 19.1 Å². The smallest absolute Gasteiger partial charge is 0.268 e. The molecule has 0 saturated heterocycles. The van der Waals surface area contributed by atoms with Gasteiger partial charge in [0.25, 0.3) is 12.3 Å². The Balaban J connectivity index is 2.76. The van der Waals surface area contributed by atoms with Crippen LogP contribution < -0.4 is 5.32 Å². The number of alkyl halides is 2. The van der Waals surface area contributed by atoms with Gasteiger partial charge in [0.15, 0.2) is 0 Å². The molecule has 1 atom stereocenters. The van der Waals surface area contributed by atoms with Crippen molar-refractivity contribution < 1.29 is 13.6 Å². The molecule has 1 aromatic rings. The number of carbonyl (C=O) groups excluding carboxylic acids is 1. The average molecular weight is 226 g/mol. The molecule has 1 heterocycles. The van der Waals surface area contributed by atoms with E-state index in [-0.39, 0.29) is 5.69 Å². The molecule has 1 rings (SSSR count). The van der Waals surface area contributed by atoms with E-state index in [0.717, 1.165) is 0 Å². The zero-order valence-corrected chi connectivity index (χ0v) is 8.78. The van der Waals surface area contributed by atoms with E-state index in [1.165, 1.54) is 22.9 Å². The van der Waals surface area contributed by atoms with Crippen molar-refractivity contribution in [2.24, 2.45) is 0 Å². The molecule has 1 N–H and O–H groups in total. The summed E-state index contributed by atoms with van der Waals surface area (Å²) in [6.07, 6.45) is 4.04. The maximum absolute atomic E-state index is 12.2. The Hall–Kier alpha value is -1.83. The summed E-state index contributed by atoms with van der Waals surface area (Å²) in [5.41, 5.74) is 0.183. The van der Waals surface area contributed by atoms with Gasteiger partial charge in [-0.2, -0.15) is 0 Å². The van der Waals surface area contributed by atoms with Crippen LogP contribution in [-0.2, 0) is 6.54 Å². The van der Waals surface area contributed by atoms with Crippen molar-refractivity contribution in [3.8, 4) is 12.3 Å². The fraction of sp³-hybridized carbons (Fsp3) is 0.364. The first-order valence-corrected chi connectivity index (χ1v) is 4.75. The van der Waals surface area contributed by atoms with Crippen LogP contribution >= 0.6 is 0 Å². The van der Waals surface area contributed by atoms with Gasteiger partial charge < -0.3 is 9.88 Å². The van der Waals surface area contributed by atoms with Crippen LogP contribution in [0.15, 0.2) is 18.3 Å². The van der Waals surface area contributed by atoms with Gasteiger partial charge in [0.2, 0.25) is 0 Å². The molecule has 0 aliphatic heterocycles. The maximum atomic E-state index is 12.2. The highest BCUT2D eigenvalue weighted by Crippen LogP contribution is 2.06. The summed E-state index contributed by atoms with van der Waals surface area (Å²) in [4.78, 5) is 11.6. The van der Waals surface area contributed by atoms with Crippen LogP contribution in [0.25, 0.3) is 0 Å². The Morgan fingerprint density at radius 3 is 2.94 bits per heavy atom. The molecule has 86 valence electrons. The number of hydrogen-bond acceptors (Lipinski definition) is 1. The van der Waals surface area contributed by atoms with Crippen molar-refractivity contribution in [3.63, 3.8) is 0 Å². The van der Waals surface area contributed by atoms with Crippen LogP contribution in [0.5, 0.6) is 0 Å². The summed E-state index contributed by atoms with van der Waals surface area (Å²) in [5.74, 6) is 1.88. The summed E-state index contributed by atoms with van der Waals surface area (Å²) >= 11 is 0. The van der Waals surface area contributed by atoms with E-state index in [1.807, 2.05) is 0 Å². The van der Waals surface area contributed by atoms with Gasteiger partial charge in [0.1, 0.15) is 5.69 Å². The molecule has 0 aliphatic rings. The Morgan fingerprint density at radius 2 is 2.38 bits per heavy atom. The van der Waals surface area contributed by atoms with E-state index in [4.69, 9.17) is 6.42 Å². The van der Waals surface area contributed by atoms with E-state index >= 15 is 0 Å². The molecule has 0 bridgehead atoms. The highest BCUT2D eigenvalue weighted by Gasteiger charge is 2.14. The van der Waals surface area contributed by atoms with Crippen LogP contribution in [0.1, 0.15) is 17.4 Å². The lowest BCUT2D eigenvalue weighted by atomic mass is 10.3. The fourth-order valence-electron chi connectivity index (χ4n) is 1.24. The van der Waals surface area contributed by atoms with Crippen molar-refractivity contribution in [2.45, 2.75) is 25.9 Å². The van der Waals surface area contributed by atoms with Gasteiger partial charge >= 0.3 is 0 Å². The van der Waals surface area contributed by atoms with E-state index in [2.05, 4.69) is 11.2 Å². The highest BCUT2D eigenvalue weighted by atomic mass is 19.3. The molecular formula is C11H12F2N2O. The number of nitrogens with zero attached hydrogens (tertiary/aromatic N) is 1. The van der Waals surface area contributed by atoms with Crippen LogP contribution in [0, 0.1) is 12.3 Å². The number of halogens is 2. The average Bonchev–Trinajstić information content (AvgIpc) is 2.64. The molecule has 3 nitrogen and oxygen atoms in total. The van der Waals surface area contributed by atoms with Gasteiger partial charge in [-0.15, -0.1) is 6.42 Å². The third-order valence-electron chi connectivity index (χ3n) is 1.99. The number of carbonyl (C=O) groups is 1. The largest absolute Gasteiger partial charge is 0.338 e. The fourth-order valence-corrected chi connectivity index (χ4v) is 1.24. The number of terminal acetylenes is 1. The lowest BCUT2D eigenvalue weighted by Gasteiger charge is -2.10. The number of nitrogens with one attached hydrogen (secondary N) is 1. The lowest BCUT2D eigenvalue weighted by molar-refractivity contribution is 0.0925. The third kappa shape index (κ3) is 3.09. The summed E-state index contributed by atoms with van der Waals surface area (Å²) in [6.45, 7) is 1.14. The number of rotatable bonds is 4. The lowest BCUT2D eigenvalue weighted by Crippen LogP contribution is -2.33. The summed E-state index contributed by atoms with van der Waals surface area (Å²) in [6, 6.07) is 2.58. The number of amides is 1. The van der Waals surface area contributed by atoms with E-state index < -0.39 is 24.9 Å². The maximum Gasteiger partial charge on any atom is 0.268 e. The zero-order valence-electron chi connectivity index (χ0n) is 8.78. The van der Waals surface area contributed by atoms with Crippen molar-refractivity contribution in [1.82, 2.24) is 9.88 Å². The molecule has 0 radical (unpaired) electrons. The molecule has 1 amide bonds.